The molecule has 0 atom stereocenters. The van der Waals surface area contributed by atoms with Gasteiger partial charge in [0.1, 0.15) is 11.6 Å². The van der Waals surface area contributed by atoms with Crippen LogP contribution in [0, 0.1) is 17.6 Å². The van der Waals surface area contributed by atoms with Crippen molar-refractivity contribution in [3.05, 3.63) is 65.2 Å². The molecule has 31 heavy (non-hydrogen) atoms. The molecule has 1 fully saturated rings. The number of hydrogen-bond donors (Lipinski definition) is 3. The normalized spacial score (nSPS) is 15.2. The zero-order valence-corrected chi connectivity index (χ0v) is 18.1. The Kier molecular flexibility index (Phi) is 8.64. The minimum Gasteiger partial charge on any atom is -0.396 e. The second-order valence-electron chi connectivity index (χ2n) is 7.89. The van der Waals surface area contributed by atoms with Crippen LogP contribution < -0.4 is 15.5 Å². The average molecular weight is 431 g/mol. The highest BCUT2D eigenvalue weighted by atomic mass is 19.1. The molecule has 0 aliphatic carbocycles. The predicted octanol–water partition coefficient (Wildman–Crippen LogP) is 3.47. The highest BCUT2D eigenvalue weighted by molar-refractivity contribution is 5.79. The Hall–Kier alpha value is -2.67. The molecule has 0 spiro atoms. The van der Waals surface area contributed by atoms with Gasteiger partial charge in [-0.1, -0.05) is 12.1 Å². The summed E-state index contributed by atoms with van der Waals surface area (Å²) in [6, 6.07) is 11.9. The van der Waals surface area contributed by atoms with Gasteiger partial charge < -0.3 is 20.6 Å². The molecule has 3 rings (SSSR count). The summed E-state index contributed by atoms with van der Waals surface area (Å²) in [5.41, 5.74) is 2.65. The lowest BCUT2D eigenvalue weighted by atomic mass is 9.97. The number of benzene rings is 2. The monoisotopic (exact) mass is 430 g/mol. The second-order valence-corrected chi connectivity index (χ2v) is 7.89. The van der Waals surface area contributed by atoms with E-state index in [1.165, 1.54) is 11.8 Å². The molecule has 0 bridgehead atoms. The fourth-order valence-electron chi connectivity index (χ4n) is 3.75. The van der Waals surface area contributed by atoms with Crippen LogP contribution >= 0.6 is 0 Å². The molecular formula is C24H32F2N4O. The largest absolute Gasteiger partial charge is 0.396 e. The van der Waals surface area contributed by atoms with Gasteiger partial charge in [0.25, 0.3) is 0 Å². The first-order chi connectivity index (χ1) is 15.1. The Bertz CT molecular complexity index is 849. The molecule has 0 amide bonds. The minimum absolute atomic E-state index is 0.282. The lowest BCUT2D eigenvalue weighted by Crippen LogP contribution is -2.38. The van der Waals surface area contributed by atoms with E-state index in [-0.39, 0.29) is 6.61 Å². The highest BCUT2D eigenvalue weighted by Crippen LogP contribution is 2.23. The van der Waals surface area contributed by atoms with Crippen molar-refractivity contribution in [2.75, 3.05) is 37.7 Å². The van der Waals surface area contributed by atoms with E-state index in [2.05, 4.69) is 44.8 Å². The molecule has 3 N–H and O–H groups in total. The first-order valence-corrected chi connectivity index (χ1v) is 11.0. The predicted molar refractivity (Wildman–Crippen MR) is 121 cm³/mol. The van der Waals surface area contributed by atoms with E-state index >= 15 is 0 Å². The molecule has 1 aliphatic rings. The van der Waals surface area contributed by atoms with Crippen molar-refractivity contribution in [3.8, 4) is 0 Å². The SMILES string of the molecule is CCNC(=NCc1ccc(N2CCC(CO)CC2)cc1)NCCc1cc(F)ccc1F. The molecular weight excluding hydrogens is 398 g/mol. The average Bonchev–Trinajstić information content (AvgIpc) is 2.80. The molecule has 2 aromatic carbocycles. The van der Waals surface area contributed by atoms with Crippen molar-refractivity contribution in [2.24, 2.45) is 10.9 Å². The molecule has 168 valence electrons. The number of anilines is 1. The third-order valence-electron chi connectivity index (χ3n) is 5.63. The topological polar surface area (TPSA) is 59.9 Å². The maximum atomic E-state index is 13.8. The van der Waals surface area contributed by atoms with Gasteiger partial charge in [0.2, 0.25) is 0 Å². The van der Waals surface area contributed by atoms with E-state index in [9.17, 15) is 13.9 Å². The van der Waals surface area contributed by atoms with Crippen LogP contribution in [0.3, 0.4) is 0 Å². The fraction of sp³-hybridized carbons (Fsp3) is 0.458. The van der Waals surface area contributed by atoms with Crippen molar-refractivity contribution in [1.82, 2.24) is 10.6 Å². The lowest BCUT2D eigenvalue weighted by Gasteiger charge is -2.32. The van der Waals surface area contributed by atoms with Gasteiger partial charge in [-0.15, -0.1) is 0 Å². The van der Waals surface area contributed by atoms with Crippen molar-refractivity contribution in [1.29, 1.82) is 0 Å². The van der Waals surface area contributed by atoms with Gasteiger partial charge in [-0.3, -0.25) is 0 Å². The van der Waals surface area contributed by atoms with Crippen LogP contribution in [-0.2, 0) is 13.0 Å². The molecule has 0 aromatic heterocycles. The van der Waals surface area contributed by atoms with E-state index < -0.39 is 11.6 Å². The van der Waals surface area contributed by atoms with E-state index in [0.29, 0.717) is 43.5 Å². The maximum Gasteiger partial charge on any atom is 0.191 e. The zero-order valence-electron chi connectivity index (χ0n) is 18.1. The summed E-state index contributed by atoms with van der Waals surface area (Å²) in [6.07, 6.45) is 2.43. The highest BCUT2D eigenvalue weighted by Gasteiger charge is 2.18. The number of rotatable bonds is 8. The number of nitrogens with zero attached hydrogens (tertiary/aromatic N) is 2. The summed E-state index contributed by atoms with van der Waals surface area (Å²) in [5.74, 6) is 0.248. The molecule has 0 unspecified atom stereocenters. The van der Waals surface area contributed by atoms with Gasteiger partial charge in [-0.05, 0) is 73.6 Å². The molecule has 0 radical (unpaired) electrons. The number of hydrogen-bond acceptors (Lipinski definition) is 3. The van der Waals surface area contributed by atoms with Gasteiger partial charge in [0.05, 0.1) is 6.54 Å². The molecule has 1 aliphatic heterocycles. The lowest BCUT2D eigenvalue weighted by molar-refractivity contribution is 0.203. The number of aliphatic hydroxyl groups is 1. The number of halogens is 2. The van der Waals surface area contributed by atoms with Gasteiger partial charge in [-0.25, -0.2) is 13.8 Å². The number of guanidine groups is 1. The quantitative estimate of drug-likeness (QED) is 0.443. The number of piperidine rings is 1. The van der Waals surface area contributed by atoms with Crippen LogP contribution in [0.2, 0.25) is 0 Å². The number of nitrogens with one attached hydrogen (secondary N) is 2. The second kappa shape index (κ2) is 11.6. The molecule has 7 heteroatoms. The Labute approximate surface area is 183 Å². The van der Waals surface area contributed by atoms with Crippen LogP contribution in [0.15, 0.2) is 47.5 Å². The summed E-state index contributed by atoms with van der Waals surface area (Å²) in [5, 5.41) is 15.6. The van der Waals surface area contributed by atoms with Crippen molar-refractivity contribution >= 4 is 11.6 Å². The maximum absolute atomic E-state index is 13.8. The van der Waals surface area contributed by atoms with Crippen LogP contribution in [-0.4, -0.2) is 43.9 Å². The Morgan fingerprint density at radius 1 is 1.10 bits per heavy atom. The summed E-state index contributed by atoms with van der Waals surface area (Å²) in [4.78, 5) is 6.96. The zero-order chi connectivity index (χ0) is 22.1. The van der Waals surface area contributed by atoms with E-state index in [1.807, 2.05) is 6.92 Å². The summed E-state index contributed by atoms with van der Waals surface area (Å²) in [7, 11) is 0. The van der Waals surface area contributed by atoms with Crippen molar-refractivity contribution in [3.63, 3.8) is 0 Å². The summed E-state index contributed by atoms with van der Waals surface area (Å²) in [6.45, 7) is 5.91. The number of aliphatic imine (C=N–C) groups is 1. The molecule has 5 nitrogen and oxygen atoms in total. The van der Waals surface area contributed by atoms with E-state index in [1.54, 1.807) is 0 Å². The van der Waals surface area contributed by atoms with Crippen molar-refractivity contribution in [2.45, 2.75) is 32.7 Å². The third kappa shape index (κ3) is 6.92. The summed E-state index contributed by atoms with van der Waals surface area (Å²) >= 11 is 0. The van der Waals surface area contributed by atoms with Crippen LogP contribution in [0.5, 0.6) is 0 Å². The van der Waals surface area contributed by atoms with Crippen LogP contribution in [0.4, 0.5) is 14.5 Å². The molecule has 2 aromatic rings. The first kappa shape index (κ1) is 23.0. The van der Waals surface area contributed by atoms with Gasteiger partial charge in [-0.2, -0.15) is 0 Å². The van der Waals surface area contributed by atoms with Crippen LogP contribution in [0.25, 0.3) is 0 Å². The minimum atomic E-state index is -0.432. The van der Waals surface area contributed by atoms with Gasteiger partial charge in [0, 0.05) is 38.5 Å². The standard InChI is InChI=1S/C24H32F2N4O/c1-2-27-24(28-12-9-20-15-21(25)5-8-23(20)26)29-16-18-3-6-22(7-4-18)30-13-10-19(17-31)11-14-30/h3-8,15,19,31H,2,9-14,16-17H2,1H3,(H2,27,28,29). The Morgan fingerprint density at radius 2 is 1.84 bits per heavy atom. The Morgan fingerprint density at radius 3 is 2.52 bits per heavy atom. The number of aliphatic hydroxyl groups excluding tert-OH is 1. The Balaban J connectivity index is 1.52. The van der Waals surface area contributed by atoms with Crippen molar-refractivity contribution < 1.29 is 13.9 Å². The van der Waals surface area contributed by atoms with Crippen LogP contribution in [0.1, 0.15) is 30.9 Å². The molecule has 1 heterocycles. The molecule has 0 saturated carbocycles. The smallest absolute Gasteiger partial charge is 0.191 e. The molecule has 1 saturated heterocycles. The van der Waals surface area contributed by atoms with E-state index in [0.717, 1.165) is 43.6 Å². The van der Waals surface area contributed by atoms with Gasteiger partial charge in [0.15, 0.2) is 5.96 Å². The van der Waals surface area contributed by atoms with Gasteiger partial charge >= 0.3 is 0 Å². The fourth-order valence-corrected chi connectivity index (χ4v) is 3.75. The van der Waals surface area contributed by atoms with E-state index in [4.69, 9.17) is 0 Å². The summed E-state index contributed by atoms with van der Waals surface area (Å²) < 4.78 is 27.1. The third-order valence-corrected chi connectivity index (χ3v) is 5.63. The first-order valence-electron chi connectivity index (χ1n) is 11.0.